The molecule has 0 saturated carbocycles. The fourth-order valence-electron chi connectivity index (χ4n) is 1.02. The molecule has 0 atom stereocenters. The molecule has 0 N–H and O–H groups in total. The summed E-state index contributed by atoms with van der Waals surface area (Å²) >= 11 is 9.12. The molecule has 1 aromatic carbocycles. The van der Waals surface area contributed by atoms with Gasteiger partial charge in [0.05, 0.1) is 11.1 Å². The van der Waals surface area contributed by atoms with Gasteiger partial charge in [-0.2, -0.15) is 5.26 Å². The largest absolute Gasteiger partial charge is 0.294 e. The molecule has 1 rings (SSSR count). The fourth-order valence-corrected chi connectivity index (χ4v) is 1.80. The summed E-state index contributed by atoms with van der Waals surface area (Å²) < 4.78 is 0.833. The monoisotopic (exact) mass is 271 g/mol. The molecule has 14 heavy (non-hydrogen) atoms. The molecule has 0 radical (unpaired) electrons. The first-order valence-corrected chi connectivity index (χ1v) is 5.17. The van der Waals surface area contributed by atoms with Gasteiger partial charge in [0.15, 0.2) is 5.78 Å². The van der Waals surface area contributed by atoms with Gasteiger partial charge in [0.2, 0.25) is 0 Å². The summed E-state index contributed by atoms with van der Waals surface area (Å²) in [5, 5.41) is 8.75. The summed E-state index contributed by atoms with van der Waals surface area (Å²) in [4.78, 5) is 11.5. The summed E-state index contributed by atoms with van der Waals surface area (Å²) in [6.45, 7) is 0. The van der Waals surface area contributed by atoms with Crippen LogP contribution in [0.15, 0.2) is 22.7 Å². The van der Waals surface area contributed by atoms with Crippen LogP contribution in [0.2, 0.25) is 5.02 Å². The summed E-state index contributed by atoms with van der Waals surface area (Å²) in [6.07, 6.45) is 0.447. The van der Waals surface area contributed by atoms with Crippen LogP contribution < -0.4 is 0 Å². The second-order valence-corrected chi connectivity index (χ2v) is 4.03. The Balaban J connectivity index is 2.86. The quantitative estimate of drug-likeness (QED) is 0.789. The third kappa shape index (κ3) is 2.83. The van der Waals surface area contributed by atoms with Gasteiger partial charge in [0.1, 0.15) is 0 Å². The van der Waals surface area contributed by atoms with Crippen LogP contribution in [-0.2, 0) is 0 Å². The van der Waals surface area contributed by atoms with Gasteiger partial charge in [-0.15, -0.1) is 0 Å². The number of hydrogen-bond donors (Lipinski definition) is 0. The predicted octanol–water partition coefficient (Wildman–Crippen LogP) is 3.59. The first-order chi connectivity index (χ1) is 6.65. The average molecular weight is 273 g/mol. The molecule has 0 saturated heterocycles. The molecule has 0 aliphatic carbocycles. The highest BCUT2D eigenvalue weighted by molar-refractivity contribution is 9.10. The molecule has 0 aliphatic heterocycles. The Morgan fingerprint density at radius 2 is 2.29 bits per heavy atom. The van der Waals surface area contributed by atoms with Crippen molar-refractivity contribution < 1.29 is 4.79 Å². The molecule has 1 aromatic rings. The number of benzene rings is 1. The summed E-state index contributed by atoms with van der Waals surface area (Å²) in [7, 11) is 0. The smallest absolute Gasteiger partial charge is 0.165 e. The topological polar surface area (TPSA) is 40.9 Å². The van der Waals surface area contributed by atoms with Crippen molar-refractivity contribution in [3.05, 3.63) is 33.3 Å². The molecule has 0 bridgehead atoms. The van der Waals surface area contributed by atoms with Crippen molar-refractivity contribution in [1.29, 1.82) is 5.26 Å². The lowest BCUT2D eigenvalue weighted by molar-refractivity contribution is 0.0984. The number of carbonyl (C=O) groups is 1. The molecule has 0 aromatic heterocycles. The highest BCUT2D eigenvalue weighted by atomic mass is 79.9. The van der Waals surface area contributed by atoms with E-state index in [1.165, 1.54) is 0 Å². The van der Waals surface area contributed by atoms with Gasteiger partial charge in [-0.25, -0.2) is 0 Å². The predicted molar refractivity (Wildman–Crippen MR) is 58.3 cm³/mol. The van der Waals surface area contributed by atoms with Gasteiger partial charge in [-0.1, -0.05) is 27.5 Å². The Morgan fingerprint density at radius 3 is 2.86 bits per heavy atom. The second kappa shape index (κ2) is 5.14. The minimum absolute atomic E-state index is 0.0935. The molecule has 72 valence electrons. The average Bonchev–Trinajstić information content (AvgIpc) is 2.14. The molecule has 2 nitrogen and oxygen atoms in total. The Hall–Kier alpha value is -0.850. The Morgan fingerprint density at radius 1 is 1.57 bits per heavy atom. The lowest BCUT2D eigenvalue weighted by Gasteiger charge is -2.01. The van der Waals surface area contributed by atoms with Crippen LogP contribution >= 0.6 is 27.5 Å². The van der Waals surface area contributed by atoms with Crippen molar-refractivity contribution in [2.45, 2.75) is 12.8 Å². The minimum Gasteiger partial charge on any atom is -0.294 e. The van der Waals surface area contributed by atoms with Gasteiger partial charge in [0, 0.05) is 22.9 Å². The van der Waals surface area contributed by atoms with Crippen LogP contribution in [0.4, 0.5) is 0 Å². The molecule has 0 unspecified atom stereocenters. The highest BCUT2D eigenvalue weighted by Crippen LogP contribution is 2.22. The third-order valence-corrected chi connectivity index (χ3v) is 2.50. The van der Waals surface area contributed by atoms with E-state index in [4.69, 9.17) is 16.9 Å². The van der Waals surface area contributed by atoms with Gasteiger partial charge in [0.25, 0.3) is 0 Å². The summed E-state index contributed by atoms with van der Waals surface area (Å²) in [5.41, 5.74) is 0.477. The maximum Gasteiger partial charge on any atom is 0.165 e. The number of carbonyl (C=O) groups excluding carboxylic acids is 1. The Labute approximate surface area is 95.6 Å². The number of Topliss-reactive ketones (excluding diaryl/α,β-unsaturated/α-hetero) is 1. The number of hydrogen-bond acceptors (Lipinski definition) is 2. The van der Waals surface area contributed by atoms with Crippen LogP contribution in [0.25, 0.3) is 0 Å². The first kappa shape index (κ1) is 11.2. The normalized spacial score (nSPS) is 9.50. The lowest BCUT2D eigenvalue weighted by Crippen LogP contribution is -1.99. The molecule has 0 heterocycles. The first-order valence-electron chi connectivity index (χ1n) is 4.00. The number of ketones is 1. The van der Waals surface area contributed by atoms with Crippen molar-refractivity contribution in [3.63, 3.8) is 0 Å². The van der Waals surface area contributed by atoms with Crippen molar-refractivity contribution >= 4 is 33.3 Å². The SMILES string of the molecule is N#CCCC(=O)c1ccc(Br)cc1Cl. The number of nitriles is 1. The van der Waals surface area contributed by atoms with E-state index >= 15 is 0 Å². The zero-order valence-corrected chi connectivity index (χ0v) is 9.60. The van der Waals surface area contributed by atoms with Crippen molar-refractivity contribution in [3.8, 4) is 6.07 Å². The van der Waals surface area contributed by atoms with Gasteiger partial charge >= 0.3 is 0 Å². The van der Waals surface area contributed by atoms with Crippen molar-refractivity contribution in [2.24, 2.45) is 0 Å². The molecule has 0 spiro atoms. The molecule has 4 heteroatoms. The molecule has 0 fully saturated rings. The maximum atomic E-state index is 11.5. The van der Waals surface area contributed by atoms with E-state index in [9.17, 15) is 4.79 Å². The maximum absolute atomic E-state index is 11.5. The van der Waals surface area contributed by atoms with E-state index in [1.807, 2.05) is 6.07 Å². The standard InChI is InChI=1S/C10H7BrClNO/c11-7-3-4-8(9(12)6-7)10(14)2-1-5-13/h3-4,6H,1-2H2. The van der Waals surface area contributed by atoms with Crippen LogP contribution in [-0.4, -0.2) is 5.78 Å². The second-order valence-electron chi connectivity index (χ2n) is 2.71. The zero-order valence-electron chi connectivity index (χ0n) is 7.26. The molecular formula is C10H7BrClNO. The van der Waals surface area contributed by atoms with E-state index in [0.717, 1.165) is 4.47 Å². The third-order valence-electron chi connectivity index (χ3n) is 1.70. The van der Waals surface area contributed by atoms with Gasteiger partial charge < -0.3 is 0 Å². The number of nitrogens with zero attached hydrogens (tertiary/aromatic N) is 1. The molecular weight excluding hydrogens is 265 g/mol. The van der Waals surface area contributed by atoms with E-state index in [0.29, 0.717) is 10.6 Å². The van der Waals surface area contributed by atoms with E-state index < -0.39 is 0 Å². The van der Waals surface area contributed by atoms with Crippen molar-refractivity contribution in [2.75, 3.05) is 0 Å². The lowest BCUT2D eigenvalue weighted by atomic mass is 10.1. The molecule has 0 aliphatic rings. The van der Waals surface area contributed by atoms with Gasteiger partial charge in [-0.05, 0) is 18.2 Å². The zero-order chi connectivity index (χ0) is 10.6. The van der Waals surface area contributed by atoms with Crippen LogP contribution in [0, 0.1) is 11.3 Å². The van der Waals surface area contributed by atoms with Crippen LogP contribution in [0.3, 0.4) is 0 Å². The minimum atomic E-state index is -0.0935. The number of rotatable bonds is 3. The van der Waals surface area contributed by atoms with E-state index in [-0.39, 0.29) is 18.6 Å². The Kier molecular flexibility index (Phi) is 4.12. The number of halogens is 2. The van der Waals surface area contributed by atoms with E-state index in [2.05, 4.69) is 15.9 Å². The van der Waals surface area contributed by atoms with Crippen molar-refractivity contribution in [1.82, 2.24) is 0 Å². The summed E-state index contributed by atoms with van der Waals surface area (Å²) in [6, 6.07) is 7.01. The van der Waals surface area contributed by atoms with E-state index in [1.54, 1.807) is 18.2 Å². The molecule has 0 amide bonds. The Bertz CT molecular complexity index is 398. The van der Waals surface area contributed by atoms with Crippen LogP contribution in [0.1, 0.15) is 23.2 Å². The van der Waals surface area contributed by atoms with Crippen LogP contribution in [0.5, 0.6) is 0 Å². The fraction of sp³-hybridized carbons (Fsp3) is 0.200. The van der Waals surface area contributed by atoms with Gasteiger partial charge in [-0.3, -0.25) is 4.79 Å². The highest BCUT2D eigenvalue weighted by Gasteiger charge is 2.09. The summed E-state index contributed by atoms with van der Waals surface area (Å²) in [5.74, 6) is -0.0935.